The topological polar surface area (TPSA) is 52.6 Å². The van der Waals surface area contributed by atoms with Crippen molar-refractivity contribution in [3.63, 3.8) is 0 Å². The average molecular weight is 375 g/mol. The summed E-state index contributed by atoms with van der Waals surface area (Å²) in [5.41, 5.74) is -1.14. The molecule has 0 aliphatic heterocycles. The zero-order chi connectivity index (χ0) is 17.9. The fourth-order valence-corrected chi connectivity index (χ4v) is 2.39. The molecule has 0 aromatic heterocycles. The highest BCUT2D eigenvalue weighted by atomic mass is 35.5. The SMILES string of the molecule is CCOC(=O)c1cc(Cl)cc(Cl)c1OC(=O)c1c(F)cccc1F. The molecule has 0 saturated carbocycles. The molecule has 2 aromatic rings. The van der Waals surface area contributed by atoms with Crippen molar-refractivity contribution in [1.82, 2.24) is 0 Å². The third kappa shape index (κ3) is 3.83. The quantitative estimate of drug-likeness (QED) is 0.576. The van der Waals surface area contributed by atoms with Gasteiger partial charge in [-0.2, -0.15) is 0 Å². The molecule has 0 fully saturated rings. The van der Waals surface area contributed by atoms with Crippen LogP contribution >= 0.6 is 23.2 Å². The van der Waals surface area contributed by atoms with Gasteiger partial charge >= 0.3 is 11.9 Å². The van der Waals surface area contributed by atoms with Crippen LogP contribution in [0.2, 0.25) is 10.0 Å². The highest BCUT2D eigenvalue weighted by molar-refractivity contribution is 6.36. The third-order valence-corrected chi connectivity index (χ3v) is 3.36. The largest absolute Gasteiger partial charge is 0.462 e. The number of esters is 2. The second-order valence-electron chi connectivity index (χ2n) is 4.47. The van der Waals surface area contributed by atoms with Gasteiger partial charge < -0.3 is 9.47 Å². The van der Waals surface area contributed by atoms with E-state index in [9.17, 15) is 18.4 Å². The highest BCUT2D eigenvalue weighted by Crippen LogP contribution is 2.34. The molecule has 0 bridgehead atoms. The van der Waals surface area contributed by atoms with Crippen LogP contribution in [0.15, 0.2) is 30.3 Å². The van der Waals surface area contributed by atoms with Crippen molar-refractivity contribution in [1.29, 1.82) is 0 Å². The molecule has 126 valence electrons. The monoisotopic (exact) mass is 374 g/mol. The Morgan fingerprint density at radius 2 is 1.71 bits per heavy atom. The van der Waals surface area contributed by atoms with Gasteiger partial charge in [-0.25, -0.2) is 18.4 Å². The van der Waals surface area contributed by atoms with Crippen molar-refractivity contribution >= 4 is 35.1 Å². The van der Waals surface area contributed by atoms with Crippen molar-refractivity contribution in [3.8, 4) is 5.75 Å². The van der Waals surface area contributed by atoms with Gasteiger partial charge in [-0.3, -0.25) is 0 Å². The number of carbonyl (C=O) groups is 2. The summed E-state index contributed by atoms with van der Waals surface area (Å²) in [6.45, 7) is 1.63. The first-order valence-electron chi connectivity index (χ1n) is 6.67. The zero-order valence-corrected chi connectivity index (χ0v) is 13.8. The van der Waals surface area contributed by atoms with E-state index in [2.05, 4.69) is 0 Å². The van der Waals surface area contributed by atoms with Gasteiger partial charge in [-0.1, -0.05) is 29.3 Å². The van der Waals surface area contributed by atoms with Gasteiger partial charge in [0.15, 0.2) is 5.75 Å². The summed E-state index contributed by atoms with van der Waals surface area (Å²) >= 11 is 11.8. The van der Waals surface area contributed by atoms with Crippen molar-refractivity contribution in [2.24, 2.45) is 0 Å². The van der Waals surface area contributed by atoms with Crippen LogP contribution in [0.4, 0.5) is 8.78 Å². The first-order valence-corrected chi connectivity index (χ1v) is 7.43. The Bertz CT molecular complexity index is 789. The van der Waals surface area contributed by atoms with E-state index in [1.807, 2.05) is 0 Å². The molecule has 0 atom stereocenters. The van der Waals surface area contributed by atoms with Crippen LogP contribution in [0.25, 0.3) is 0 Å². The fraction of sp³-hybridized carbons (Fsp3) is 0.125. The minimum absolute atomic E-state index is 0.0539. The number of hydrogen-bond acceptors (Lipinski definition) is 4. The van der Waals surface area contributed by atoms with Crippen molar-refractivity contribution in [2.75, 3.05) is 6.61 Å². The van der Waals surface area contributed by atoms with Gasteiger partial charge in [-0.05, 0) is 31.2 Å². The van der Waals surface area contributed by atoms with E-state index < -0.39 is 34.9 Å². The molecule has 0 aliphatic carbocycles. The normalized spacial score (nSPS) is 10.4. The van der Waals surface area contributed by atoms with Gasteiger partial charge in [0.1, 0.15) is 22.8 Å². The Morgan fingerprint density at radius 1 is 1.08 bits per heavy atom. The molecule has 0 radical (unpaired) electrons. The molecule has 24 heavy (non-hydrogen) atoms. The number of hydrogen-bond donors (Lipinski definition) is 0. The van der Waals surface area contributed by atoms with Crippen LogP contribution in [0.3, 0.4) is 0 Å². The van der Waals surface area contributed by atoms with Crippen LogP contribution in [-0.2, 0) is 4.74 Å². The minimum atomic E-state index is -1.35. The number of ether oxygens (including phenoxy) is 2. The molecular weight excluding hydrogens is 365 g/mol. The van der Waals surface area contributed by atoms with E-state index in [0.717, 1.165) is 18.2 Å². The lowest BCUT2D eigenvalue weighted by Crippen LogP contribution is -2.16. The second-order valence-corrected chi connectivity index (χ2v) is 5.31. The van der Waals surface area contributed by atoms with E-state index in [4.69, 9.17) is 32.7 Å². The molecule has 2 aromatic carbocycles. The Hall–Kier alpha value is -2.18. The summed E-state index contributed by atoms with van der Waals surface area (Å²) in [4.78, 5) is 24.0. The summed E-state index contributed by atoms with van der Waals surface area (Å²) in [6, 6.07) is 5.28. The lowest BCUT2D eigenvalue weighted by atomic mass is 10.2. The molecule has 4 nitrogen and oxygen atoms in total. The molecule has 0 spiro atoms. The Morgan fingerprint density at radius 3 is 2.29 bits per heavy atom. The summed E-state index contributed by atoms with van der Waals surface area (Å²) in [5.74, 6) is -4.81. The molecule has 0 N–H and O–H groups in total. The molecule has 0 aliphatic rings. The molecule has 2 rings (SSSR count). The van der Waals surface area contributed by atoms with E-state index in [1.165, 1.54) is 12.1 Å². The fourth-order valence-electron chi connectivity index (χ4n) is 1.86. The first-order chi connectivity index (χ1) is 11.3. The van der Waals surface area contributed by atoms with Gasteiger partial charge in [0.25, 0.3) is 0 Å². The maximum atomic E-state index is 13.7. The Kier molecular flexibility index (Phi) is 5.75. The van der Waals surface area contributed by atoms with Gasteiger partial charge in [-0.15, -0.1) is 0 Å². The molecular formula is C16H10Cl2F2O4. The molecule has 0 amide bonds. The Balaban J connectivity index is 2.46. The summed E-state index contributed by atoms with van der Waals surface area (Å²) in [7, 11) is 0. The predicted molar refractivity (Wildman–Crippen MR) is 83.7 cm³/mol. The van der Waals surface area contributed by atoms with Crippen LogP contribution in [0.1, 0.15) is 27.6 Å². The first kappa shape index (κ1) is 18.2. The van der Waals surface area contributed by atoms with Crippen LogP contribution in [-0.4, -0.2) is 18.5 Å². The molecule has 0 unspecified atom stereocenters. The van der Waals surface area contributed by atoms with Gasteiger partial charge in [0.2, 0.25) is 0 Å². The second kappa shape index (κ2) is 7.59. The van der Waals surface area contributed by atoms with Gasteiger partial charge in [0, 0.05) is 5.02 Å². The number of halogens is 4. The number of rotatable bonds is 4. The van der Waals surface area contributed by atoms with Crippen LogP contribution in [0, 0.1) is 11.6 Å². The number of benzene rings is 2. The minimum Gasteiger partial charge on any atom is -0.462 e. The van der Waals surface area contributed by atoms with E-state index in [1.54, 1.807) is 6.92 Å². The molecule has 0 heterocycles. The summed E-state index contributed by atoms with van der Waals surface area (Å²) in [5, 5.41) is -0.0874. The standard InChI is InChI=1S/C16H10Cl2F2O4/c1-2-23-15(21)9-6-8(17)7-10(18)14(9)24-16(22)13-11(19)4-3-5-12(13)20/h3-7H,2H2,1H3. The van der Waals surface area contributed by atoms with Crippen molar-refractivity contribution < 1.29 is 27.8 Å². The Labute approximate surface area is 145 Å². The van der Waals surface area contributed by atoms with Crippen LogP contribution in [0.5, 0.6) is 5.75 Å². The lowest BCUT2D eigenvalue weighted by molar-refractivity contribution is 0.0520. The van der Waals surface area contributed by atoms with E-state index in [-0.39, 0.29) is 22.2 Å². The van der Waals surface area contributed by atoms with E-state index >= 15 is 0 Å². The van der Waals surface area contributed by atoms with Crippen molar-refractivity contribution in [3.05, 3.63) is 63.1 Å². The van der Waals surface area contributed by atoms with Gasteiger partial charge in [0.05, 0.1) is 11.6 Å². The maximum Gasteiger partial charge on any atom is 0.349 e. The maximum absolute atomic E-state index is 13.7. The zero-order valence-electron chi connectivity index (χ0n) is 12.2. The highest BCUT2D eigenvalue weighted by Gasteiger charge is 2.25. The summed E-state index contributed by atoms with van der Waals surface area (Å²) < 4.78 is 37.1. The summed E-state index contributed by atoms with van der Waals surface area (Å²) in [6.07, 6.45) is 0. The van der Waals surface area contributed by atoms with E-state index in [0.29, 0.717) is 0 Å². The number of carbonyl (C=O) groups excluding carboxylic acids is 2. The lowest BCUT2D eigenvalue weighted by Gasteiger charge is -2.12. The predicted octanol–water partition coefficient (Wildman–Crippen LogP) is 4.67. The molecule has 0 saturated heterocycles. The smallest absolute Gasteiger partial charge is 0.349 e. The average Bonchev–Trinajstić information content (AvgIpc) is 2.49. The van der Waals surface area contributed by atoms with Crippen molar-refractivity contribution in [2.45, 2.75) is 6.92 Å². The molecule has 8 heteroatoms. The third-order valence-electron chi connectivity index (χ3n) is 2.87. The van der Waals surface area contributed by atoms with Crippen LogP contribution < -0.4 is 4.74 Å².